The lowest BCUT2D eigenvalue weighted by molar-refractivity contribution is -0.138. The molecule has 0 spiro atoms. The van der Waals surface area contributed by atoms with Crippen LogP contribution in [0.25, 0.3) is 0 Å². The molecule has 0 saturated heterocycles. The van der Waals surface area contributed by atoms with Gasteiger partial charge < -0.3 is 14.4 Å². The van der Waals surface area contributed by atoms with Crippen LogP contribution < -0.4 is 9.64 Å². The number of fused-ring (bicyclic) bond motifs is 1. The summed E-state index contributed by atoms with van der Waals surface area (Å²) >= 11 is 0. The summed E-state index contributed by atoms with van der Waals surface area (Å²) in [6.45, 7) is 1.98. The minimum Gasteiger partial charge on any atom is -0.461 e. The topological polar surface area (TPSA) is 72.9 Å². The normalized spacial score (nSPS) is 16.2. The second-order valence-corrected chi connectivity index (χ2v) is 6.62. The van der Waals surface area contributed by atoms with E-state index in [2.05, 4.69) is 0 Å². The van der Waals surface area contributed by atoms with Crippen LogP contribution in [-0.2, 0) is 19.4 Å². The second-order valence-electron chi connectivity index (χ2n) is 4.67. The quantitative estimate of drug-likeness (QED) is 0.622. The molecule has 0 fully saturated rings. The highest BCUT2D eigenvalue weighted by Crippen LogP contribution is 2.39. The maximum Gasteiger partial charge on any atom is 0.355 e. The average molecular weight is 311 g/mol. The highest BCUT2D eigenvalue weighted by molar-refractivity contribution is 7.95. The van der Waals surface area contributed by atoms with E-state index >= 15 is 0 Å². The van der Waals surface area contributed by atoms with Gasteiger partial charge in [0.2, 0.25) is 10.8 Å². The Balaban J connectivity index is 2.50. The molecule has 1 aromatic carbocycles. The Morgan fingerprint density at radius 2 is 2.00 bits per heavy atom. The zero-order chi connectivity index (χ0) is 15.6. The average Bonchev–Trinajstić information content (AvgIpc) is 2.73. The Morgan fingerprint density at radius 1 is 1.33 bits per heavy atom. The van der Waals surface area contributed by atoms with Gasteiger partial charge in [0.15, 0.2) is 15.6 Å². The number of anilines is 1. The van der Waals surface area contributed by atoms with Gasteiger partial charge in [-0.05, 0) is 18.6 Å². The fraction of sp³-hybridized carbons (Fsp3) is 0.357. The van der Waals surface area contributed by atoms with Gasteiger partial charge in [-0.1, -0.05) is 19.1 Å². The van der Waals surface area contributed by atoms with Crippen LogP contribution >= 0.6 is 0 Å². The van der Waals surface area contributed by atoms with E-state index in [1.165, 1.54) is 4.90 Å². The number of benzene rings is 1. The first-order chi connectivity index (χ1) is 9.86. The summed E-state index contributed by atoms with van der Waals surface area (Å²) in [5.74, 6) is -0.423. The third-order valence-electron chi connectivity index (χ3n) is 2.93. The van der Waals surface area contributed by atoms with E-state index in [9.17, 15) is 13.2 Å². The van der Waals surface area contributed by atoms with Gasteiger partial charge in [-0.25, -0.2) is 13.2 Å². The van der Waals surface area contributed by atoms with Crippen LogP contribution in [0.1, 0.15) is 13.3 Å². The number of sulfone groups is 1. The maximum absolute atomic E-state index is 12.1. The molecule has 6 nitrogen and oxygen atoms in total. The molecule has 0 N–H and O–H groups in total. The fourth-order valence-electron chi connectivity index (χ4n) is 1.96. The molecule has 0 bridgehead atoms. The lowest BCUT2D eigenvalue weighted by atomic mass is 10.3. The monoisotopic (exact) mass is 311 g/mol. The Kier molecular flexibility index (Phi) is 4.22. The fourth-order valence-corrected chi connectivity index (χ4v) is 2.82. The molecule has 7 heteroatoms. The number of nitrogens with zero attached hydrogens (tertiary/aromatic N) is 1. The number of hydrogen-bond acceptors (Lipinski definition) is 6. The van der Waals surface area contributed by atoms with Crippen molar-refractivity contribution < 1.29 is 22.7 Å². The molecule has 2 rings (SSSR count). The third kappa shape index (κ3) is 3.02. The van der Waals surface area contributed by atoms with Crippen LogP contribution in [0.15, 0.2) is 35.1 Å². The number of rotatable bonds is 4. The van der Waals surface area contributed by atoms with E-state index in [0.717, 1.165) is 6.26 Å². The Morgan fingerprint density at radius 3 is 2.57 bits per heavy atom. The molecular weight excluding hydrogens is 294 g/mol. The summed E-state index contributed by atoms with van der Waals surface area (Å²) < 4.78 is 34.4. The van der Waals surface area contributed by atoms with Crippen LogP contribution in [-0.4, -0.2) is 34.3 Å². The van der Waals surface area contributed by atoms with Crippen LogP contribution in [0.3, 0.4) is 0 Å². The summed E-state index contributed by atoms with van der Waals surface area (Å²) in [6.07, 6.45) is 1.57. The minimum absolute atomic E-state index is 0.0280. The van der Waals surface area contributed by atoms with E-state index in [1.807, 2.05) is 6.92 Å². The van der Waals surface area contributed by atoms with Crippen LogP contribution in [0.5, 0.6) is 5.75 Å². The van der Waals surface area contributed by atoms with Crippen molar-refractivity contribution in [1.29, 1.82) is 0 Å². The number of carbonyl (C=O) groups is 1. The smallest absolute Gasteiger partial charge is 0.355 e. The molecule has 0 radical (unpaired) electrons. The van der Waals surface area contributed by atoms with Crippen molar-refractivity contribution in [2.45, 2.75) is 13.3 Å². The zero-order valence-electron chi connectivity index (χ0n) is 12.1. The summed E-state index contributed by atoms with van der Waals surface area (Å²) in [5, 5.41) is 0. The van der Waals surface area contributed by atoms with Crippen molar-refractivity contribution in [1.82, 2.24) is 0 Å². The van der Waals surface area contributed by atoms with E-state index in [1.54, 1.807) is 31.3 Å². The van der Waals surface area contributed by atoms with Crippen molar-refractivity contribution in [3.8, 4) is 5.75 Å². The molecular formula is C14H17NO5S. The predicted octanol–water partition coefficient (Wildman–Crippen LogP) is 1.68. The number of para-hydroxylation sites is 2. The lowest BCUT2D eigenvalue weighted by Crippen LogP contribution is -2.25. The molecule has 1 aromatic rings. The Bertz CT molecular complexity index is 693. The molecule has 1 aliphatic heterocycles. The van der Waals surface area contributed by atoms with Gasteiger partial charge in [0.25, 0.3) is 0 Å². The number of esters is 1. The van der Waals surface area contributed by atoms with Gasteiger partial charge in [-0.3, -0.25) is 0 Å². The zero-order valence-corrected chi connectivity index (χ0v) is 12.9. The molecule has 0 unspecified atom stereocenters. The molecule has 1 aliphatic rings. The molecule has 0 saturated carbocycles. The Hall–Kier alpha value is -2.02. The van der Waals surface area contributed by atoms with Gasteiger partial charge in [0, 0.05) is 13.3 Å². The summed E-state index contributed by atoms with van der Waals surface area (Å²) in [4.78, 5) is 13.1. The van der Waals surface area contributed by atoms with Crippen molar-refractivity contribution in [2.75, 3.05) is 24.8 Å². The van der Waals surface area contributed by atoms with Gasteiger partial charge in [0.05, 0.1) is 12.3 Å². The summed E-state index contributed by atoms with van der Waals surface area (Å²) in [6, 6.07) is 7.05. The van der Waals surface area contributed by atoms with Crippen LogP contribution in [0, 0.1) is 0 Å². The van der Waals surface area contributed by atoms with E-state index in [0.29, 0.717) is 17.9 Å². The molecule has 0 atom stereocenters. The molecule has 0 aliphatic carbocycles. The lowest BCUT2D eigenvalue weighted by Gasteiger charge is -2.15. The number of carbonyl (C=O) groups excluding carboxylic acids is 1. The molecule has 114 valence electrons. The standard InChI is InChI=1S/C14H17NO5S/c1-4-9-19-14(16)12(21(3,17)18)13-15(2)10-7-5-6-8-11(10)20-13/h5-8H,4,9H2,1-3H3/b13-12-. The van der Waals surface area contributed by atoms with Gasteiger partial charge in [-0.2, -0.15) is 0 Å². The first kappa shape index (κ1) is 15.4. The molecule has 0 aromatic heterocycles. The SMILES string of the molecule is CCCOC(=O)/C(=C1/Oc2ccccc2N1C)S(C)(=O)=O. The van der Waals surface area contributed by atoms with Crippen molar-refractivity contribution in [3.63, 3.8) is 0 Å². The van der Waals surface area contributed by atoms with E-state index in [-0.39, 0.29) is 12.5 Å². The predicted molar refractivity (Wildman–Crippen MR) is 78.6 cm³/mol. The van der Waals surface area contributed by atoms with Crippen molar-refractivity contribution in [3.05, 3.63) is 35.1 Å². The maximum atomic E-state index is 12.1. The van der Waals surface area contributed by atoms with Crippen molar-refractivity contribution in [2.24, 2.45) is 0 Å². The van der Waals surface area contributed by atoms with Crippen LogP contribution in [0.2, 0.25) is 0 Å². The number of hydrogen-bond donors (Lipinski definition) is 0. The van der Waals surface area contributed by atoms with Crippen LogP contribution in [0.4, 0.5) is 5.69 Å². The highest BCUT2D eigenvalue weighted by Gasteiger charge is 2.35. The van der Waals surface area contributed by atoms with Gasteiger partial charge in [-0.15, -0.1) is 0 Å². The summed E-state index contributed by atoms with van der Waals surface area (Å²) in [7, 11) is -2.15. The van der Waals surface area contributed by atoms with Crippen molar-refractivity contribution >= 4 is 21.5 Å². The minimum atomic E-state index is -3.79. The van der Waals surface area contributed by atoms with Gasteiger partial charge in [0.1, 0.15) is 0 Å². The third-order valence-corrected chi connectivity index (χ3v) is 4.01. The first-order valence-corrected chi connectivity index (χ1v) is 8.37. The van der Waals surface area contributed by atoms with Gasteiger partial charge >= 0.3 is 5.97 Å². The first-order valence-electron chi connectivity index (χ1n) is 6.48. The van der Waals surface area contributed by atoms with E-state index < -0.39 is 20.7 Å². The molecule has 0 amide bonds. The molecule has 1 heterocycles. The largest absolute Gasteiger partial charge is 0.461 e. The molecule has 21 heavy (non-hydrogen) atoms. The second kappa shape index (κ2) is 5.77. The number of ether oxygens (including phenoxy) is 2. The Labute approximate surface area is 123 Å². The summed E-state index contributed by atoms with van der Waals surface area (Å²) in [5.41, 5.74) is 0.692. The van der Waals surface area contributed by atoms with E-state index in [4.69, 9.17) is 9.47 Å². The highest BCUT2D eigenvalue weighted by atomic mass is 32.2.